The molecule has 1 aromatic heterocycles. The van der Waals surface area contributed by atoms with Crippen molar-refractivity contribution in [2.75, 3.05) is 25.0 Å². The minimum Gasteiger partial charge on any atom is -0.504 e. The van der Waals surface area contributed by atoms with E-state index in [1.807, 2.05) is 6.07 Å². The average molecular weight is 299 g/mol. The fourth-order valence-electron chi connectivity index (χ4n) is 3.21. The second kappa shape index (κ2) is 6.97. The van der Waals surface area contributed by atoms with E-state index in [1.54, 1.807) is 6.20 Å². The van der Waals surface area contributed by atoms with Gasteiger partial charge in [-0.2, -0.15) is 0 Å². The maximum absolute atomic E-state index is 10.2. The predicted octanol–water partition coefficient (Wildman–Crippen LogP) is 3.30. The van der Waals surface area contributed by atoms with E-state index in [9.17, 15) is 5.11 Å². The lowest BCUT2D eigenvalue weighted by molar-refractivity contribution is 0.361. The molecular formula is C18H25N3O. The maximum Gasteiger partial charge on any atom is 0.157 e. The molecule has 2 aromatic rings. The molecule has 0 atom stereocenters. The van der Waals surface area contributed by atoms with E-state index in [2.05, 4.69) is 34.7 Å². The molecule has 1 fully saturated rings. The molecule has 3 rings (SSSR count). The third-order valence-corrected chi connectivity index (χ3v) is 4.63. The molecule has 0 spiro atoms. The van der Waals surface area contributed by atoms with Crippen LogP contribution in [0.4, 0.5) is 5.69 Å². The molecule has 1 aromatic carbocycles. The molecule has 0 amide bonds. The third kappa shape index (κ3) is 3.33. The second-order valence-corrected chi connectivity index (χ2v) is 6.13. The minimum atomic E-state index is 0.242. The van der Waals surface area contributed by atoms with Crippen LogP contribution in [-0.4, -0.2) is 29.7 Å². The molecule has 4 heteroatoms. The summed E-state index contributed by atoms with van der Waals surface area (Å²) in [6, 6.07) is 6.27. The number of aryl methyl sites for hydroxylation is 1. The highest BCUT2D eigenvalue weighted by Gasteiger charge is 2.13. The van der Waals surface area contributed by atoms with E-state index in [0.717, 1.165) is 55.0 Å². The summed E-state index contributed by atoms with van der Waals surface area (Å²) >= 11 is 0. The van der Waals surface area contributed by atoms with Crippen molar-refractivity contribution in [3.8, 4) is 5.75 Å². The fourth-order valence-corrected chi connectivity index (χ4v) is 3.21. The molecule has 118 valence electrons. The summed E-state index contributed by atoms with van der Waals surface area (Å²) in [6.07, 6.45) is 6.19. The number of nitrogens with one attached hydrogen (secondary N) is 2. The van der Waals surface area contributed by atoms with Crippen molar-refractivity contribution in [1.29, 1.82) is 0 Å². The largest absolute Gasteiger partial charge is 0.504 e. The Morgan fingerprint density at radius 1 is 1.32 bits per heavy atom. The molecule has 4 nitrogen and oxygen atoms in total. The molecule has 1 aliphatic rings. The highest BCUT2D eigenvalue weighted by Crippen LogP contribution is 2.31. The van der Waals surface area contributed by atoms with Gasteiger partial charge in [-0.3, -0.25) is 4.98 Å². The topological polar surface area (TPSA) is 57.2 Å². The van der Waals surface area contributed by atoms with Gasteiger partial charge in [0.05, 0.1) is 17.4 Å². The molecule has 0 radical (unpaired) electrons. The van der Waals surface area contributed by atoms with Crippen molar-refractivity contribution in [2.24, 2.45) is 5.92 Å². The zero-order valence-corrected chi connectivity index (χ0v) is 13.2. The van der Waals surface area contributed by atoms with Crippen molar-refractivity contribution in [3.63, 3.8) is 0 Å². The highest BCUT2D eigenvalue weighted by molar-refractivity contribution is 5.94. The summed E-state index contributed by atoms with van der Waals surface area (Å²) in [5.41, 5.74) is 3.02. The lowest BCUT2D eigenvalue weighted by Crippen LogP contribution is -2.28. The highest BCUT2D eigenvalue weighted by atomic mass is 16.3. The Kier molecular flexibility index (Phi) is 4.78. The van der Waals surface area contributed by atoms with Crippen LogP contribution in [0.1, 0.15) is 31.7 Å². The Morgan fingerprint density at radius 3 is 2.91 bits per heavy atom. The number of hydrogen-bond acceptors (Lipinski definition) is 4. The zero-order valence-electron chi connectivity index (χ0n) is 13.2. The van der Waals surface area contributed by atoms with Gasteiger partial charge in [-0.05, 0) is 62.4 Å². The summed E-state index contributed by atoms with van der Waals surface area (Å²) in [7, 11) is 0. The summed E-state index contributed by atoms with van der Waals surface area (Å²) in [4.78, 5) is 4.32. The molecular weight excluding hydrogens is 274 g/mol. The Morgan fingerprint density at radius 2 is 2.14 bits per heavy atom. The number of aromatic nitrogens is 1. The number of benzene rings is 1. The summed E-state index contributed by atoms with van der Waals surface area (Å²) in [6.45, 7) is 5.30. The van der Waals surface area contributed by atoms with Crippen LogP contribution in [0.3, 0.4) is 0 Å². The molecule has 1 saturated heterocycles. The van der Waals surface area contributed by atoms with Crippen LogP contribution in [0.2, 0.25) is 0 Å². The predicted molar refractivity (Wildman–Crippen MR) is 91.5 cm³/mol. The first-order chi connectivity index (χ1) is 10.8. The van der Waals surface area contributed by atoms with Crippen molar-refractivity contribution >= 4 is 16.6 Å². The van der Waals surface area contributed by atoms with Crippen LogP contribution in [0.15, 0.2) is 24.4 Å². The number of piperidine rings is 1. The van der Waals surface area contributed by atoms with Gasteiger partial charge in [-0.1, -0.05) is 13.0 Å². The average Bonchev–Trinajstić information content (AvgIpc) is 2.57. The van der Waals surface area contributed by atoms with E-state index < -0.39 is 0 Å². The fraction of sp³-hybridized carbons (Fsp3) is 0.500. The number of pyridine rings is 1. The maximum atomic E-state index is 10.2. The van der Waals surface area contributed by atoms with Gasteiger partial charge in [-0.15, -0.1) is 0 Å². The number of hydrogen-bond donors (Lipinski definition) is 3. The SMILES string of the molecule is CCc1ccc2ncc(O)c(NCCC3CCNCC3)c2c1. The summed E-state index contributed by atoms with van der Waals surface area (Å²) in [5, 5.41) is 18.0. The Hall–Kier alpha value is -1.81. The quantitative estimate of drug-likeness (QED) is 0.793. The van der Waals surface area contributed by atoms with Crippen LogP contribution in [0.5, 0.6) is 5.75 Å². The van der Waals surface area contributed by atoms with Crippen LogP contribution < -0.4 is 10.6 Å². The monoisotopic (exact) mass is 299 g/mol. The molecule has 1 aliphatic heterocycles. The van der Waals surface area contributed by atoms with Gasteiger partial charge in [0.25, 0.3) is 0 Å². The van der Waals surface area contributed by atoms with E-state index in [0.29, 0.717) is 0 Å². The Labute approximate surface area is 132 Å². The minimum absolute atomic E-state index is 0.242. The van der Waals surface area contributed by atoms with Crippen LogP contribution in [0.25, 0.3) is 10.9 Å². The summed E-state index contributed by atoms with van der Waals surface area (Å²) < 4.78 is 0. The lowest BCUT2D eigenvalue weighted by Gasteiger charge is -2.23. The van der Waals surface area contributed by atoms with Crippen molar-refractivity contribution in [3.05, 3.63) is 30.0 Å². The smallest absolute Gasteiger partial charge is 0.157 e. The van der Waals surface area contributed by atoms with Crippen LogP contribution >= 0.6 is 0 Å². The first-order valence-corrected chi connectivity index (χ1v) is 8.33. The summed E-state index contributed by atoms with van der Waals surface area (Å²) in [5.74, 6) is 1.03. The third-order valence-electron chi connectivity index (χ3n) is 4.63. The molecule has 0 bridgehead atoms. The van der Waals surface area contributed by atoms with Crippen molar-refractivity contribution < 1.29 is 5.11 Å². The molecule has 0 aliphatic carbocycles. The normalized spacial score (nSPS) is 16.0. The van der Waals surface area contributed by atoms with E-state index in [1.165, 1.54) is 18.4 Å². The first kappa shape index (κ1) is 15.1. The molecule has 0 saturated carbocycles. The van der Waals surface area contributed by atoms with Crippen molar-refractivity contribution in [2.45, 2.75) is 32.6 Å². The second-order valence-electron chi connectivity index (χ2n) is 6.13. The number of nitrogens with zero attached hydrogens (tertiary/aromatic N) is 1. The van der Waals surface area contributed by atoms with E-state index >= 15 is 0 Å². The van der Waals surface area contributed by atoms with Crippen LogP contribution in [-0.2, 0) is 6.42 Å². The first-order valence-electron chi connectivity index (χ1n) is 8.33. The van der Waals surface area contributed by atoms with Gasteiger partial charge < -0.3 is 15.7 Å². The van der Waals surface area contributed by atoms with E-state index in [4.69, 9.17) is 0 Å². The van der Waals surface area contributed by atoms with Gasteiger partial charge in [0.2, 0.25) is 0 Å². The molecule has 2 heterocycles. The Balaban J connectivity index is 1.75. The van der Waals surface area contributed by atoms with Crippen LogP contribution in [0, 0.1) is 5.92 Å². The van der Waals surface area contributed by atoms with Gasteiger partial charge in [-0.25, -0.2) is 0 Å². The van der Waals surface area contributed by atoms with Gasteiger partial charge >= 0.3 is 0 Å². The number of anilines is 1. The van der Waals surface area contributed by atoms with Gasteiger partial charge in [0.15, 0.2) is 5.75 Å². The molecule has 3 N–H and O–H groups in total. The number of fused-ring (bicyclic) bond motifs is 1. The van der Waals surface area contributed by atoms with E-state index in [-0.39, 0.29) is 5.75 Å². The molecule has 22 heavy (non-hydrogen) atoms. The molecule has 0 unspecified atom stereocenters. The van der Waals surface area contributed by atoms with Gasteiger partial charge in [0.1, 0.15) is 0 Å². The zero-order chi connectivity index (χ0) is 15.4. The number of aromatic hydroxyl groups is 1. The standard InChI is InChI=1S/C18H25N3O/c1-2-13-3-4-16-15(11-13)18(17(22)12-21-16)20-10-7-14-5-8-19-9-6-14/h3-4,11-12,14,19,22H,2,5-10H2,1H3,(H,20,21). The number of rotatable bonds is 5. The van der Waals surface area contributed by atoms with Gasteiger partial charge in [0, 0.05) is 11.9 Å². The Bertz CT molecular complexity index is 636. The lowest BCUT2D eigenvalue weighted by atomic mass is 9.95. The van der Waals surface area contributed by atoms with Crippen molar-refractivity contribution in [1.82, 2.24) is 10.3 Å².